The Labute approximate surface area is 176 Å². The second-order valence-corrected chi connectivity index (χ2v) is 7.53. The van der Waals surface area contributed by atoms with Crippen LogP contribution in [0.15, 0.2) is 48.5 Å². The van der Waals surface area contributed by atoms with Crippen molar-refractivity contribution in [2.24, 2.45) is 0 Å². The Morgan fingerprint density at radius 2 is 1.73 bits per heavy atom. The Morgan fingerprint density at radius 3 is 2.40 bits per heavy atom. The first-order valence-electron chi connectivity index (χ1n) is 10.2. The highest BCUT2D eigenvalue weighted by Crippen LogP contribution is 2.33. The number of benzene rings is 1. The summed E-state index contributed by atoms with van der Waals surface area (Å²) in [6.45, 7) is 6.25. The second kappa shape index (κ2) is 8.57. The lowest BCUT2D eigenvalue weighted by molar-refractivity contribution is 0.0751. The van der Waals surface area contributed by atoms with Crippen molar-refractivity contribution in [2.75, 3.05) is 38.2 Å². The fraction of sp³-hybridized carbons (Fsp3) is 0.348. The van der Waals surface area contributed by atoms with Gasteiger partial charge in [-0.2, -0.15) is 4.98 Å². The monoisotopic (exact) mass is 406 g/mol. The van der Waals surface area contributed by atoms with Gasteiger partial charge in [0.05, 0.1) is 13.2 Å². The number of ether oxygens (including phenoxy) is 2. The molecule has 0 N–H and O–H groups in total. The van der Waals surface area contributed by atoms with Gasteiger partial charge in [-0.05, 0) is 31.5 Å². The number of hydrogen-bond acceptors (Lipinski definition) is 6. The highest BCUT2D eigenvalue weighted by Gasteiger charge is 2.25. The number of carbonyl (C=O) groups is 1. The molecular formula is C23H26N4O3. The molecule has 7 heteroatoms. The molecule has 2 aromatic heterocycles. The topological polar surface area (TPSA) is 67.8 Å². The molecule has 3 aromatic rings. The Balaban J connectivity index is 1.67. The van der Waals surface area contributed by atoms with E-state index < -0.39 is 0 Å². The first kappa shape index (κ1) is 19.9. The lowest BCUT2D eigenvalue weighted by Gasteiger charge is -2.36. The van der Waals surface area contributed by atoms with Crippen molar-refractivity contribution in [3.05, 3.63) is 48.5 Å². The minimum Gasteiger partial charge on any atom is -0.481 e. The van der Waals surface area contributed by atoms with Gasteiger partial charge in [-0.3, -0.25) is 0 Å². The lowest BCUT2D eigenvalue weighted by atomic mass is 10.0. The van der Waals surface area contributed by atoms with Crippen molar-refractivity contribution in [2.45, 2.75) is 20.0 Å². The van der Waals surface area contributed by atoms with Gasteiger partial charge in [-0.25, -0.2) is 9.78 Å². The van der Waals surface area contributed by atoms with Crippen LogP contribution in [-0.4, -0.2) is 60.4 Å². The van der Waals surface area contributed by atoms with Gasteiger partial charge in [0.1, 0.15) is 5.82 Å². The molecule has 0 aliphatic carbocycles. The van der Waals surface area contributed by atoms with Gasteiger partial charge in [-0.15, -0.1) is 0 Å². The second-order valence-electron chi connectivity index (χ2n) is 7.53. The number of pyridine rings is 2. The van der Waals surface area contributed by atoms with Gasteiger partial charge in [0.15, 0.2) is 5.65 Å². The van der Waals surface area contributed by atoms with E-state index in [1.54, 1.807) is 12.0 Å². The molecule has 3 heterocycles. The highest BCUT2D eigenvalue weighted by atomic mass is 16.6. The summed E-state index contributed by atoms with van der Waals surface area (Å²) in [6.07, 6.45) is -0.380. The first-order valence-corrected chi connectivity index (χ1v) is 10.2. The zero-order valence-electron chi connectivity index (χ0n) is 17.5. The van der Waals surface area contributed by atoms with E-state index in [1.165, 1.54) is 0 Å². The fourth-order valence-corrected chi connectivity index (χ4v) is 3.59. The maximum atomic E-state index is 12.2. The fourth-order valence-electron chi connectivity index (χ4n) is 3.59. The molecule has 0 spiro atoms. The van der Waals surface area contributed by atoms with E-state index in [0.717, 1.165) is 22.3 Å². The molecule has 1 aliphatic heterocycles. The zero-order chi connectivity index (χ0) is 21.1. The van der Waals surface area contributed by atoms with Gasteiger partial charge in [0.25, 0.3) is 0 Å². The predicted octanol–water partition coefficient (Wildman–Crippen LogP) is 3.97. The van der Waals surface area contributed by atoms with Gasteiger partial charge >= 0.3 is 6.09 Å². The third kappa shape index (κ3) is 4.15. The van der Waals surface area contributed by atoms with Crippen LogP contribution in [-0.2, 0) is 4.74 Å². The number of carbonyl (C=O) groups excluding carboxylic acids is 1. The maximum absolute atomic E-state index is 12.2. The van der Waals surface area contributed by atoms with Gasteiger partial charge in [-0.1, -0.05) is 30.3 Å². The molecule has 1 saturated heterocycles. The van der Waals surface area contributed by atoms with E-state index in [4.69, 9.17) is 14.5 Å². The number of aromatic nitrogens is 2. The number of nitrogens with zero attached hydrogens (tertiary/aromatic N) is 4. The van der Waals surface area contributed by atoms with Crippen molar-refractivity contribution < 1.29 is 14.3 Å². The molecule has 0 atom stereocenters. The summed E-state index contributed by atoms with van der Waals surface area (Å²) in [5.41, 5.74) is 2.79. The Bertz CT molecular complexity index is 1030. The van der Waals surface area contributed by atoms with E-state index in [9.17, 15) is 4.79 Å². The quantitative estimate of drug-likeness (QED) is 0.653. The van der Waals surface area contributed by atoms with Crippen LogP contribution in [0.25, 0.3) is 22.2 Å². The molecule has 1 aliphatic rings. The molecular weight excluding hydrogens is 380 g/mol. The van der Waals surface area contributed by atoms with Crippen LogP contribution < -0.4 is 9.64 Å². The summed E-state index contributed by atoms with van der Waals surface area (Å²) in [6, 6.07) is 16.2. The number of anilines is 1. The van der Waals surface area contributed by atoms with E-state index in [0.29, 0.717) is 37.7 Å². The Hall–Kier alpha value is -3.35. The summed E-state index contributed by atoms with van der Waals surface area (Å²) in [5.74, 6) is 1.40. The van der Waals surface area contributed by atoms with Crippen LogP contribution in [0.1, 0.15) is 13.8 Å². The first-order chi connectivity index (χ1) is 14.5. The van der Waals surface area contributed by atoms with Crippen LogP contribution in [0.3, 0.4) is 0 Å². The van der Waals surface area contributed by atoms with Crippen LogP contribution in [0.2, 0.25) is 0 Å². The van der Waals surface area contributed by atoms with Crippen LogP contribution >= 0.6 is 0 Å². The molecule has 156 valence electrons. The molecule has 30 heavy (non-hydrogen) atoms. The summed E-state index contributed by atoms with van der Waals surface area (Å²) < 4.78 is 10.6. The van der Waals surface area contributed by atoms with Crippen molar-refractivity contribution >= 4 is 22.9 Å². The minimum atomic E-state index is -0.259. The van der Waals surface area contributed by atoms with Gasteiger partial charge < -0.3 is 19.3 Å². The molecule has 0 bridgehead atoms. The minimum absolute atomic E-state index is 0.122. The number of fused-ring (bicyclic) bond motifs is 1. The summed E-state index contributed by atoms with van der Waals surface area (Å²) >= 11 is 0. The Morgan fingerprint density at radius 1 is 1.00 bits per heavy atom. The van der Waals surface area contributed by atoms with Crippen LogP contribution in [0.5, 0.6) is 5.88 Å². The van der Waals surface area contributed by atoms with Crippen molar-refractivity contribution in [1.29, 1.82) is 0 Å². The van der Waals surface area contributed by atoms with E-state index in [-0.39, 0.29) is 12.2 Å². The molecule has 0 radical (unpaired) electrons. The number of methoxy groups -OCH3 is 1. The number of rotatable bonds is 4. The maximum Gasteiger partial charge on any atom is 0.410 e. The molecule has 1 amide bonds. The number of piperazine rings is 1. The largest absolute Gasteiger partial charge is 0.481 e. The number of hydrogen-bond donors (Lipinski definition) is 0. The summed E-state index contributed by atoms with van der Waals surface area (Å²) in [7, 11) is 1.60. The predicted molar refractivity (Wildman–Crippen MR) is 117 cm³/mol. The molecule has 4 rings (SSSR count). The molecule has 1 aromatic carbocycles. The molecule has 7 nitrogen and oxygen atoms in total. The average Bonchev–Trinajstić information content (AvgIpc) is 2.78. The molecule has 1 fully saturated rings. The zero-order valence-corrected chi connectivity index (χ0v) is 17.5. The SMILES string of the molecule is COc1ccc2cc(-c3ccccc3)c(N3CCN(C(=O)OC(C)C)CC3)nc2n1. The summed E-state index contributed by atoms with van der Waals surface area (Å²) in [5, 5.41) is 0.956. The highest BCUT2D eigenvalue weighted by molar-refractivity contribution is 5.88. The van der Waals surface area contributed by atoms with Crippen LogP contribution in [0.4, 0.5) is 10.6 Å². The van der Waals surface area contributed by atoms with Gasteiger partial charge in [0, 0.05) is 43.2 Å². The molecule has 0 unspecified atom stereocenters. The van der Waals surface area contributed by atoms with Crippen molar-refractivity contribution in [3.8, 4) is 17.0 Å². The lowest BCUT2D eigenvalue weighted by Crippen LogP contribution is -2.49. The summed E-state index contributed by atoms with van der Waals surface area (Å²) in [4.78, 5) is 25.6. The molecule has 0 saturated carbocycles. The normalized spacial score (nSPS) is 14.3. The third-order valence-electron chi connectivity index (χ3n) is 5.10. The van der Waals surface area contributed by atoms with Crippen LogP contribution in [0, 0.1) is 0 Å². The Kier molecular flexibility index (Phi) is 5.70. The van der Waals surface area contributed by atoms with E-state index >= 15 is 0 Å². The van der Waals surface area contributed by atoms with Crippen molar-refractivity contribution in [3.63, 3.8) is 0 Å². The van der Waals surface area contributed by atoms with Gasteiger partial charge in [0.2, 0.25) is 5.88 Å². The third-order valence-corrected chi connectivity index (χ3v) is 5.10. The average molecular weight is 406 g/mol. The van der Waals surface area contributed by atoms with E-state index in [1.807, 2.05) is 44.2 Å². The van der Waals surface area contributed by atoms with E-state index in [2.05, 4.69) is 28.1 Å². The van der Waals surface area contributed by atoms with Crippen molar-refractivity contribution in [1.82, 2.24) is 14.9 Å². The smallest absolute Gasteiger partial charge is 0.410 e. The standard InChI is InChI=1S/C23H26N4O3/c1-16(2)30-23(28)27-13-11-26(12-14-27)22-19(17-7-5-4-6-8-17)15-18-9-10-20(29-3)24-21(18)25-22/h4-10,15-16H,11-14H2,1-3H3. The number of amides is 1.